The van der Waals surface area contributed by atoms with Crippen LogP contribution in [0.3, 0.4) is 0 Å². The van der Waals surface area contributed by atoms with Crippen molar-refractivity contribution in [1.29, 1.82) is 0 Å². The number of anilines is 2. The van der Waals surface area contributed by atoms with Crippen molar-refractivity contribution < 1.29 is 32.3 Å². The summed E-state index contributed by atoms with van der Waals surface area (Å²) in [5.74, 6) is -2.38. The number of primary amides is 1. The van der Waals surface area contributed by atoms with Crippen molar-refractivity contribution >= 4 is 29.1 Å². The number of carbonyl (C=O) groups is 3. The summed E-state index contributed by atoms with van der Waals surface area (Å²) in [4.78, 5) is 38.8. The predicted octanol–water partition coefficient (Wildman–Crippen LogP) is 1.20. The number of benzene rings is 1. The molecule has 8 nitrogen and oxygen atoms in total. The van der Waals surface area contributed by atoms with Gasteiger partial charge in [0.05, 0.1) is 17.9 Å². The summed E-state index contributed by atoms with van der Waals surface area (Å²) in [7, 11) is 0. The zero-order valence-electron chi connectivity index (χ0n) is 16.1. The summed E-state index contributed by atoms with van der Waals surface area (Å²) in [6.07, 6.45) is -4.80. The smallest absolute Gasteiger partial charge is 0.370 e. The molecule has 3 amide bonds. The van der Waals surface area contributed by atoms with Gasteiger partial charge in [0, 0.05) is 12.2 Å². The number of rotatable bonds is 7. The summed E-state index contributed by atoms with van der Waals surface area (Å²) < 4.78 is 45.8. The third-order valence-corrected chi connectivity index (χ3v) is 4.56. The third kappa shape index (κ3) is 5.24. The van der Waals surface area contributed by atoms with Crippen LogP contribution in [0.5, 0.6) is 0 Å². The van der Waals surface area contributed by atoms with E-state index >= 15 is 0 Å². The summed E-state index contributed by atoms with van der Waals surface area (Å²) in [6, 6.07) is 1.73. The maximum atomic E-state index is 13.6. The number of alkyl halides is 3. The van der Waals surface area contributed by atoms with Crippen LogP contribution in [0.15, 0.2) is 18.2 Å². The van der Waals surface area contributed by atoms with E-state index in [1.54, 1.807) is 13.8 Å². The number of carbonyl (C=O) groups excluding carboxylic acids is 3. The fourth-order valence-corrected chi connectivity index (χ4v) is 3.10. The van der Waals surface area contributed by atoms with E-state index in [1.807, 2.05) is 0 Å². The van der Waals surface area contributed by atoms with E-state index in [0.717, 1.165) is 12.1 Å². The van der Waals surface area contributed by atoms with Gasteiger partial charge in [0.2, 0.25) is 5.91 Å². The first-order valence-corrected chi connectivity index (χ1v) is 9.03. The van der Waals surface area contributed by atoms with Crippen LogP contribution >= 0.6 is 0 Å². The van der Waals surface area contributed by atoms with Gasteiger partial charge < -0.3 is 20.7 Å². The molecule has 1 saturated heterocycles. The molecular formula is C18H23F3N4O4. The Morgan fingerprint density at radius 2 is 1.97 bits per heavy atom. The van der Waals surface area contributed by atoms with Crippen molar-refractivity contribution in [3.05, 3.63) is 23.8 Å². The molecule has 2 rings (SSSR count). The molecule has 29 heavy (non-hydrogen) atoms. The van der Waals surface area contributed by atoms with Gasteiger partial charge in [-0.15, -0.1) is 0 Å². The van der Waals surface area contributed by atoms with Crippen LogP contribution in [0, 0.1) is 0 Å². The number of hydrogen-bond donors (Lipinski definition) is 2. The Morgan fingerprint density at radius 1 is 1.31 bits per heavy atom. The number of likely N-dealkylation sites (N-methyl/N-ethyl adjacent to an activating group) is 1. The lowest BCUT2D eigenvalue weighted by Gasteiger charge is -2.29. The van der Waals surface area contributed by atoms with Gasteiger partial charge in [-0.25, -0.2) is 0 Å². The van der Waals surface area contributed by atoms with Gasteiger partial charge in [0.1, 0.15) is 6.61 Å². The van der Waals surface area contributed by atoms with E-state index < -0.39 is 41.2 Å². The monoisotopic (exact) mass is 416 g/mol. The van der Waals surface area contributed by atoms with Crippen molar-refractivity contribution in [1.82, 2.24) is 4.90 Å². The average molecular weight is 416 g/mol. The molecule has 0 spiro atoms. The van der Waals surface area contributed by atoms with Crippen LogP contribution in [-0.2, 0) is 25.3 Å². The Bertz CT molecular complexity index is 781. The lowest BCUT2D eigenvalue weighted by molar-refractivity contribution is -0.137. The number of nitrogens with two attached hydrogens (primary N) is 1. The van der Waals surface area contributed by atoms with E-state index in [2.05, 4.69) is 5.32 Å². The predicted molar refractivity (Wildman–Crippen MR) is 99.1 cm³/mol. The van der Waals surface area contributed by atoms with Gasteiger partial charge >= 0.3 is 6.18 Å². The van der Waals surface area contributed by atoms with Crippen LogP contribution in [0.1, 0.15) is 19.4 Å². The third-order valence-electron chi connectivity index (χ3n) is 4.56. The van der Waals surface area contributed by atoms with E-state index in [4.69, 9.17) is 10.5 Å². The molecule has 0 saturated carbocycles. The van der Waals surface area contributed by atoms with Crippen molar-refractivity contribution in [2.45, 2.75) is 26.1 Å². The Hall–Kier alpha value is -2.66. The number of morpholine rings is 1. The maximum absolute atomic E-state index is 13.6. The number of hydrogen-bond acceptors (Lipinski definition) is 5. The Kier molecular flexibility index (Phi) is 7.20. The molecule has 0 radical (unpaired) electrons. The van der Waals surface area contributed by atoms with Gasteiger partial charge in [0.25, 0.3) is 11.8 Å². The second-order valence-electron chi connectivity index (χ2n) is 6.34. The first-order chi connectivity index (χ1) is 13.6. The highest BCUT2D eigenvalue weighted by Crippen LogP contribution is 2.37. The van der Waals surface area contributed by atoms with E-state index in [1.165, 1.54) is 15.9 Å². The van der Waals surface area contributed by atoms with Gasteiger partial charge in [-0.1, -0.05) is 13.8 Å². The topological polar surface area (TPSA) is 105 Å². The Balaban J connectivity index is 2.37. The van der Waals surface area contributed by atoms with Gasteiger partial charge in [-0.3, -0.25) is 19.3 Å². The minimum atomic E-state index is -4.80. The average Bonchev–Trinajstić information content (AvgIpc) is 2.65. The molecular weight excluding hydrogens is 393 g/mol. The summed E-state index contributed by atoms with van der Waals surface area (Å²) in [5.41, 5.74) is 3.67. The lowest BCUT2D eigenvalue weighted by Crippen LogP contribution is -2.52. The maximum Gasteiger partial charge on any atom is 0.418 e. The number of nitrogens with zero attached hydrogens (tertiary/aromatic N) is 2. The fourth-order valence-electron chi connectivity index (χ4n) is 3.10. The minimum absolute atomic E-state index is 0.0406. The molecule has 1 aromatic rings. The summed E-state index contributed by atoms with van der Waals surface area (Å²) in [6.45, 7) is 4.11. The molecule has 1 heterocycles. The van der Waals surface area contributed by atoms with Crippen molar-refractivity contribution in [2.75, 3.05) is 43.1 Å². The van der Waals surface area contributed by atoms with E-state index in [0.29, 0.717) is 13.1 Å². The highest BCUT2D eigenvalue weighted by molar-refractivity contribution is 6.10. The first kappa shape index (κ1) is 22.6. The molecule has 0 unspecified atom stereocenters. The van der Waals surface area contributed by atoms with Crippen LogP contribution in [-0.4, -0.2) is 61.5 Å². The number of halogens is 3. The molecule has 1 aliphatic heterocycles. The van der Waals surface area contributed by atoms with E-state index in [9.17, 15) is 27.6 Å². The second-order valence-corrected chi connectivity index (χ2v) is 6.34. The molecule has 1 atom stereocenters. The number of amides is 3. The molecule has 0 aliphatic carbocycles. The molecule has 1 aliphatic rings. The van der Waals surface area contributed by atoms with Crippen LogP contribution in [0.4, 0.5) is 24.5 Å². The quantitative estimate of drug-likeness (QED) is 0.650. The van der Waals surface area contributed by atoms with Crippen molar-refractivity contribution in [3.63, 3.8) is 0 Å². The molecule has 1 aromatic carbocycles. The second kappa shape index (κ2) is 9.23. The molecule has 160 valence electrons. The SMILES string of the molecule is CCN(CC)[C@@H](C(N)=O)C(=O)Nc1ccc(N2CCOCC2=O)cc1C(F)(F)F. The normalized spacial score (nSPS) is 16.1. The Morgan fingerprint density at radius 3 is 2.48 bits per heavy atom. The summed E-state index contributed by atoms with van der Waals surface area (Å²) in [5, 5.41) is 2.16. The minimum Gasteiger partial charge on any atom is -0.370 e. The molecule has 0 bridgehead atoms. The van der Waals surface area contributed by atoms with E-state index in [-0.39, 0.29) is 25.4 Å². The van der Waals surface area contributed by atoms with Crippen LogP contribution in [0.25, 0.3) is 0 Å². The van der Waals surface area contributed by atoms with Gasteiger partial charge in [-0.2, -0.15) is 13.2 Å². The number of nitrogens with one attached hydrogen (secondary N) is 1. The molecule has 0 aromatic heterocycles. The summed E-state index contributed by atoms with van der Waals surface area (Å²) >= 11 is 0. The van der Waals surface area contributed by atoms with Gasteiger partial charge in [0.15, 0.2) is 6.04 Å². The molecule has 3 N–H and O–H groups in total. The molecule has 1 fully saturated rings. The highest BCUT2D eigenvalue weighted by atomic mass is 19.4. The van der Waals surface area contributed by atoms with Crippen molar-refractivity contribution in [2.24, 2.45) is 5.73 Å². The molecule has 11 heteroatoms. The van der Waals surface area contributed by atoms with Crippen LogP contribution in [0.2, 0.25) is 0 Å². The van der Waals surface area contributed by atoms with Gasteiger partial charge in [-0.05, 0) is 31.3 Å². The Labute approximate surface area is 165 Å². The highest BCUT2D eigenvalue weighted by Gasteiger charge is 2.37. The van der Waals surface area contributed by atoms with Crippen molar-refractivity contribution in [3.8, 4) is 0 Å². The zero-order chi connectivity index (χ0) is 21.8. The first-order valence-electron chi connectivity index (χ1n) is 9.03. The standard InChI is InChI=1S/C18H23F3N4O4/c1-3-24(4-2)15(16(22)27)17(28)23-13-6-5-11(9-12(13)18(19,20)21)25-7-8-29-10-14(25)26/h5-6,9,15H,3-4,7-8,10H2,1-2H3,(H2,22,27)(H,23,28)/t15-/m0/s1. The number of ether oxygens (including phenoxy) is 1. The van der Waals surface area contributed by atoms with Crippen LogP contribution < -0.4 is 16.0 Å². The lowest BCUT2D eigenvalue weighted by atomic mass is 10.1. The fraction of sp³-hybridized carbons (Fsp3) is 0.500. The largest absolute Gasteiger partial charge is 0.418 e. The zero-order valence-corrected chi connectivity index (χ0v) is 16.1.